The van der Waals surface area contributed by atoms with Crippen LogP contribution in [0.1, 0.15) is 5.56 Å². The molecule has 0 aliphatic carbocycles. The summed E-state index contributed by atoms with van der Waals surface area (Å²) in [6.45, 7) is 2.08. The molecule has 0 fully saturated rings. The summed E-state index contributed by atoms with van der Waals surface area (Å²) in [6, 6.07) is 23.7. The maximum atomic E-state index is 13.0. The Kier molecular flexibility index (Phi) is 3.62. The summed E-state index contributed by atoms with van der Waals surface area (Å²) in [5, 5.41) is 0. The fourth-order valence-electron chi connectivity index (χ4n) is 2.96. The summed E-state index contributed by atoms with van der Waals surface area (Å²) in [5.74, 6) is 0. The van der Waals surface area contributed by atoms with Crippen LogP contribution in [0.25, 0.3) is 0 Å². The summed E-state index contributed by atoms with van der Waals surface area (Å²) >= 11 is -2.56. The predicted molar refractivity (Wildman–Crippen MR) is 94.2 cm³/mol. The molecule has 0 bridgehead atoms. The van der Waals surface area contributed by atoms with Gasteiger partial charge in [0.1, 0.15) is 0 Å². The Hall–Kier alpha value is -1.51. The molecule has 3 aromatic rings. The Labute approximate surface area is 144 Å². The molecule has 0 N–H and O–H groups in total. The molecule has 0 saturated heterocycles. The Bertz CT molecular complexity index is 938. The monoisotopic (exact) mass is 516 g/mol. The van der Waals surface area contributed by atoms with E-state index in [1.165, 1.54) is 8.83 Å². The minimum atomic E-state index is -3.40. The van der Waals surface area contributed by atoms with Crippen molar-refractivity contribution < 1.29 is 8.42 Å². The molecule has 0 spiro atoms. The van der Waals surface area contributed by atoms with E-state index in [0.29, 0.717) is 9.79 Å². The molecule has 114 valence electrons. The molecule has 0 aromatic heterocycles. The molecule has 0 saturated carbocycles. The van der Waals surface area contributed by atoms with Gasteiger partial charge in [-0.1, -0.05) is 0 Å². The van der Waals surface area contributed by atoms with E-state index >= 15 is 0 Å². The zero-order valence-corrected chi connectivity index (χ0v) is 16.9. The third-order valence-electron chi connectivity index (χ3n) is 4.08. The molecule has 0 atom stereocenters. The summed E-state index contributed by atoms with van der Waals surface area (Å²) in [6.07, 6.45) is 0. The van der Waals surface area contributed by atoms with Crippen molar-refractivity contribution in [1.82, 2.24) is 0 Å². The van der Waals surface area contributed by atoms with E-state index < -0.39 is 31.6 Å². The molecule has 1 heterocycles. The van der Waals surface area contributed by atoms with E-state index in [0.717, 1.165) is 6.54 Å². The molecule has 2 nitrogen and oxygen atoms in total. The first kappa shape index (κ1) is 15.0. The average Bonchev–Trinajstić information content (AvgIpc) is 2.57. The van der Waals surface area contributed by atoms with Crippen LogP contribution < -0.4 is 9.81 Å². The zero-order valence-electron chi connectivity index (χ0n) is 12.6. The minimum absolute atomic E-state index is 0.511. The number of hydrogen-bond acceptors (Lipinski definition) is 2. The fourth-order valence-corrected chi connectivity index (χ4v) is 17.8. The van der Waals surface area contributed by atoms with Gasteiger partial charge in [0.15, 0.2) is 0 Å². The summed E-state index contributed by atoms with van der Waals surface area (Å²) < 4.78 is 29.4. The molecule has 0 amide bonds. The van der Waals surface area contributed by atoms with Crippen molar-refractivity contribution in [3.8, 4) is 0 Å². The van der Waals surface area contributed by atoms with Gasteiger partial charge in [0.2, 0.25) is 0 Å². The Morgan fingerprint density at radius 2 is 1.17 bits per heavy atom. The molecule has 0 unspecified atom stereocenters. The van der Waals surface area contributed by atoms with Crippen molar-refractivity contribution in [1.29, 1.82) is 0 Å². The zero-order chi connectivity index (χ0) is 16.0. The number of sulfone groups is 1. The van der Waals surface area contributed by atoms with Crippen LogP contribution in [0.5, 0.6) is 0 Å². The predicted octanol–water partition coefficient (Wildman–Crippen LogP) is 1.66. The quantitative estimate of drug-likeness (QED) is 0.361. The Morgan fingerprint density at radius 3 is 1.70 bits per heavy atom. The number of fused-ring (bicyclic) bond motifs is 2. The van der Waals surface area contributed by atoms with Crippen molar-refractivity contribution in [2.75, 3.05) is 0 Å². The summed E-state index contributed by atoms with van der Waals surface area (Å²) in [5.41, 5.74) is 1.23. The third-order valence-corrected chi connectivity index (χ3v) is 17.1. The average molecular weight is 516 g/mol. The molecule has 4 heteroatoms. The normalized spacial score (nSPS) is 15.7. The van der Waals surface area contributed by atoms with Crippen LogP contribution in [0.4, 0.5) is 0 Å². The molecule has 23 heavy (non-hydrogen) atoms. The number of hydrogen-bond donors (Lipinski definition) is 0. The second-order valence-electron chi connectivity index (χ2n) is 5.61. The standard InChI is InChI=1S/C12H8O2S.C7H7.Bi/c13-15(14,11-7-3-1-4-8-11)12-9-5-2-6-10-12;1-7-5-3-2-4-6-7;/h1-7,9H;3-6H,1H3;. The first-order chi connectivity index (χ1) is 11.1. The van der Waals surface area contributed by atoms with Crippen molar-refractivity contribution in [2.24, 2.45) is 0 Å². The van der Waals surface area contributed by atoms with Gasteiger partial charge >= 0.3 is 145 Å². The molecule has 3 aromatic carbocycles. The molecule has 0 radical (unpaired) electrons. The number of aryl methyl sites for hydroxylation is 1. The van der Waals surface area contributed by atoms with Crippen molar-refractivity contribution >= 4 is 41.4 Å². The van der Waals surface area contributed by atoms with Gasteiger partial charge in [-0.3, -0.25) is 0 Å². The molecule has 1 aliphatic heterocycles. The van der Waals surface area contributed by atoms with E-state index in [1.54, 1.807) is 12.1 Å². The Balaban J connectivity index is 2.06. The first-order valence-electron chi connectivity index (χ1n) is 7.39. The third kappa shape index (κ3) is 2.36. The van der Waals surface area contributed by atoms with Crippen LogP contribution >= 0.6 is 0 Å². The van der Waals surface area contributed by atoms with Crippen LogP contribution in [-0.2, 0) is 9.84 Å². The van der Waals surface area contributed by atoms with Gasteiger partial charge < -0.3 is 0 Å². The number of benzene rings is 3. The van der Waals surface area contributed by atoms with Crippen molar-refractivity contribution in [3.63, 3.8) is 0 Å². The van der Waals surface area contributed by atoms with Crippen molar-refractivity contribution in [3.05, 3.63) is 78.4 Å². The second-order valence-corrected chi connectivity index (χ2v) is 15.9. The van der Waals surface area contributed by atoms with Gasteiger partial charge in [0.05, 0.1) is 0 Å². The van der Waals surface area contributed by atoms with Gasteiger partial charge in [-0.15, -0.1) is 0 Å². The van der Waals surface area contributed by atoms with Crippen LogP contribution in [0, 0.1) is 6.92 Å². The van der Waals surface area contributed by atoms with Crippen LogP contribution in [0.15, 0.2) is 82.6 Å². The molecule has 4 rings (SSSR count). The molecular formula is C19H15BiO2S. The van der Waals surface area contributed by atoms with Crippen LogP contribution in [0.2, 0.25) is 0 Å². The van der Waals surface area contributed by atoms with Gasteiger partial charge in [-0.2, -0.15) is 0 Å². The van der Waals surface area contributed by atoms with E-state index in [-0.39, 0.29) is 0 Å². The van der Waals surface area contributed by atoms with Gasteiger partial charge in [0.25, 0.3) is 0 Å². The van der Waals surface area contributed by atoms with E-state index in [2.05, 4.69) is 31.2 Å². The fraction of sp³-hybridized carbons (Fsp3) is 0.0526. The molecule has 1 aliphatic rings. The first-order valence-corrected chi connectivity index (χ1v) is 14.1. The Morgan fingerprint density at radius 1 is 0.696 bits per heavy atom. The van der Waals surface area contributed by atoms with Crippen molar-refractivity contribution in [2.45, 2.75) is 16.7 Å². The van der Waals surface area contributed by atoms with Gasteiger partial charge in [-0.25, -0.2) is 0 Å². The summed E-state index contributed by atoms with van der Waals surface area (Å²) in [4.78, 5) is 1.02. The molecular weight excluding hydrogens is 501 g/mol. The van der Waals surface area contributed by atoms with Crippen LogP contribution in [0.3, 0.4) is 0 Å². The maximum absolute atomic E-state index is 13.0. The van der Waals surface area contributed by atoms with E-state index in [4.69, 9.17) is 0 Å². The topological polar surface area (TPSA) is 34.1 Å². The second kappa shape index (κ2) is 5.54. The van der Waals surface area contributed by atoms with Gasteiger partial charge in [0, 0.05) is 0 Å². The van der Waals surface area contributed by atoms with E-state index in [1.807, 2.05) is 36.4 Å². The van der Waals surface area contributed by atoms with Gasteiger partial charge in [-0.05, 0) is 0 Å². The summed E-state index contributed by atoms with van der Waals surface area (Å²) in [7, 11) is -3.40. The number of rotatable bonds is 1. The van der Waals surface area contributed by atoms with E-state index in [9.17, 15) is 8.42 Å². The van der Waals surface area contributed by atoms with Crippen LogP contribution in [-0.4, -0.2) is 30.2 Å². The SMILES string of the molecule is Cc1cc[c]([Bi]2[c]3ccccc3S(=O)(=O)c3cccc[c]32)cc1.